The van der Waals surface area contributed by atoms with Gasteiger partial charge in [-0.05, 0) is 228 Å². The second-order valence-corrected chi connectivity index (χ2v) is 34.3. The average molecular weight is 1650 g/mol. The monoisotopic (exact) mass is 1650 g/mol. The van der Waals surface area contributed by atoms with Crippen LogP contribution in [0.1, 0.15) is 0 Å². The molecule has 28 rings (SSSR count). The number of fused-ring (bicyclic) bond motifs is 23. The Bertz CT molecular complexity index is 9390. The molecule has 0 fully saturated rings. The molecule has 22 aromatic carbocycles. The van der Waals surface area contributed by atoms with Crippen molar-refractivity contribution in [1.29, 1.82) is 0 Å². The number of rotatable bonds is 9. The molecule has 0 N–H and O–H groups in total. The Hall–Kier alpha value is -17.3. The van der Waals surface area contributed by atoms with Gasteiger partial charge in [-0.1, -0.05) is 334 Å². The SMILES string of the molecule is c1ccc(-c2ccc(-n3c4ccccc4c4cc5c6c7ccccc7ccc6n(-c6ccc7ccccc7c6)c5cc43)cc2)cc1.c1ccc(-c2ccc(-n3c4ccccc4c4cc5c6ccccc6n(-c6ccc7ccccc7c6)c5cc43)cc2)cc1.c1ccc(-n2c3ccccc3c3cc4c5ccccc5n(-c5ccc(-c6ccc7ccccc7c6)cc5)c4cc32)cc1. The summed E-state index contributed by atoms with van der Waals surface area (Å²) in [7, 11) is 0. The zero-order valence-corrected chi connectivity index (χ0v) is 70.9. The molecular formula is C124H80N6. The van der Waals surface area contributed by atoms with Crippen LogP contribution in [-0.2, 0) is 0 Å². The zero-order valence-electron chi connectivity index (χ0n) is 70.9. The van der Waals surface area contributed by atoms with Gasteiger partial charge in [-0.15, -0.1) is 0 Å². The molecular weight excluding hydrogens is 1570 g/mol. The fourth-order valence-electron chi connectivity index (χ4n) is 21.0. The number of hydrogen-bond acceptors (Lipinski definition) is 0. The molecule has 0 aliphatic heterocycles. The Morgan fingerprint density at radius 3 is 0.723 bits per heavy atom. The normalized spacial score (nSPS) is 11.8. The van der Waals surface area contributed by atoms with Crippen LogP contribution in [0.25, 0.3) is 241 Å². The molecule has 28 aromatic rings. The molecule has 6 heteroatoms. The van der Waals surface area contributed by atoms with Crippen molar-refractivity contribution in [3.05, 3.63) is 485 Å². The second kappa shape index (κ2) is 30.2. The molecule has 6 heterocycles. The number of aromatic nitrogens is 6. The topological polar surface area (TPSA) is 29.6 Å². The molecule has 130 heavy (non-hydrogen) atoms. The van der Waals surface area contributed by atoms with E-state index >= 15 is 0 Å². The Morgan fingerprint density at radius 1 is 0.100 bits per heavy atom. The number of nitrogens with zero attached hydrogens (tertiary/aromatic N) is 6. The highest BCUT2D eigenvalue weighted by Crippen LogP contribution is 2.47. The Kier molecular flexibility index (Phi) is 17.2. The van der Waals surface area contributed by atoms with Gasteiger partial charge in [0.1, 0.15) is 0 Å². The van der Waals surface area contributed by atoms with Crippen LogP contribution in [-0.4, -0.2) is 27.4 Å². The van der Waals surface area contributed by atoms with E-state index in [2.05, 4.69) is 513 Å². The summed E-state index contributed by atoms with van der Waals surface area (Å²) in [6, 6.07) is 177. The van der Waals surface area contributed by atoms with Crippen LogP contribution in [0.2, 0.25) is 0 Å². The third-order valence-electron chi connectivity index (χ3n) is 27.1. The number of benzene rings is 22. The first-order chi connectivity index (χ1) is 64.5. The molecule has 0 spiro atoms. The van der Waals surface area contributed by atoms with Crippen LogP contribution in [0.4, 0.5) is 0 Å². The minimum atomic E-state index is 1.16. The lowest BCUT2D eigenvalue weighted by Gasteiger charge is -2.11. The van der Waals surface area contributed by atoms with Crippen LogP contribution in [0.5, 0.6) is 0 Å². The van der Waals surface area contributed by atoms with E-state index in [0.29, 0.717) is 0 Å². The van der Waals surface area contributed by atoms with Crippen molar-refractivity contribution < 1.29 is 0 Å². The van der Waals surface area contributed by atoms with Gasteiger partial charge in [-0.25, -0.2) is 0 Å². The minimum Gasteiger partial charge on any atom is -0.309 e. The summed E-state index contributed by atoms with van der Waals surface area (Å²) < 4.78 is 14.6. The van der Waals surface area contributed by atoms with Crippen LogP contribution < -0.4 is 0 Å². The molecule has 0 atom stereocenters. The summed E-state index contributed by atoms with van der Waals surface area (Å²) >= 11 is 0. The zero-order chi connectivity index (χ0) is 85.4. The van der Waals surface area contributed by atoms with E-state index in [1.165, 1.54) is 224 Å². The summed E-state index contributed by atoms with van der Waals surface area (Å²) in [5.74, 6) is 0. The molecule has 0 amide bonds. The molecule has 606 valence electrons. The van der Waals surface area contributed by atoms with Gasteiger partial charge in [-0.3, -0.25) is 0 Å². The molecule has 0 saturated heterocycles. The maximum absolute atomic E-state index is 2.46. The molecule has 0 radical (unpaired) electrons. The van der Waals surface area contributed by atoms with E-state index in [1.54, 1.807) is 0 Å². The lowest BCUT2D eigenvalue weighted by molar-refractivity contribution is 1.16. The molecule has 0 aliphatic rings. The standard InChI is InChI=1S/C44H28N2.2C40H26N2/c1-2-10-29(11-3-1)31-18-22-34(23-19-31)45-40-17-9-8-16-37(40)38-27-39-43(28-42(38)45)46(35-24-20-30-12-4-5-14-33(30)26-35)41-25-21-32-13-6-7-15-36(32)44(39)41;1-2-12-31(13-3-1)41-37-16-8-6-14-33(37)35-25-36-34-15-7-9-17-38(34)42(40(36)26-39(35)41)32-22-20-28(21-23-32)30-19-18-27-10-4-5-11-29(27)24-30;1-2-10-27(11-3-1)29-18-21-31(22-19-29)41-37-16-8-6-14-33(37)35-25-36-34-15-7-9-17-38(34)42(40(36)26-39(35)41)32-23-20-28-12-4-5-13-30(28)24-32/h1-28H;2*1-26H. The van der Waals surface area contributed by atoms with Gasteiger partial charge in [0.25, 0.3) is 0 Å². The first kappa shape index (κ1) is 74.1. The highest BCUT2D eigenvalue weighted by molar-refractivity contribution is 6.26. The van der Waals surface area contributed by atoms with Gasteiger partial charge < -0.3 is 27.4 Å². The largest absolute Gasteiger partial charge is 0.309 e. The van der Waals surface area contributed by atoms with E-state index in [-0.39, 0.29) is 0 Å². The molecule has 0 unspecified atom stereocenters. The molecule has 6 nitrogen and oxygen atoms in total. The van der Waals surface area contributed by atoms with Crippen LogP contribution in [0, 0.1) is 0 Å². The van der Waals surface area contributed by atoms with E-state index in [4.69, 9.17) is 0 Å². The molecule has 0 bridgehead atoms. The van der Waals surface area contributed by atoms with Crippen molar-refractivity contribution in [1.82, 2.24) is 27.4 Å². The van der Waals surface area contributed by atoms with Crippen molar-refractivity contribution in [2.45, 2.75) is 0 Å². The number of hydrogen-bond donors (Lipinski definition) is 0. The van der Waals surface area contributed by atoms with E-state index in [9.17, 15) is 0 Å². The van der Waals surface area contributed by atoms with Gasteiger partial charge in [0.2, 0.25) is 0 Å². The summed E-state index contributed by atoms with van der Waals surface area (Å²) in [5.41, 5.74) is 28.9. The number of para-hydroxylation sites is 6. The summed E-state index contributed by atoms with van der Waals surface area (Å²) in [6.07, 6.45) is 0. The minimum absolute atomic E-state index is 1.16. The van der Waals surface area contributed by atoms with E-state index in [1.807, 2.05) is 0 Å². The highest BCUT2D eigenvalue weighted by atomic mass is 15.0. The first-order valence-corrected chi connectivity index (χ1v) is 44.8. The fraction of sp³-hybridized carbons (Fsp3) is 0. The Labute approximate surface area is 748 Å². The van der Waals surface area contributed by atoms with Crippen molar-refractivity contribution in [2.24, 2.45) is 0 Å². The molecule has 0 saturated carbocycles. The van der Waals surface area contributed by atoms with Gasteiger partial charge in [-0.2, -0.15) is 0 Å². The Balaban J connectivity index is 0.000000103. The van der Waals surface area contributed by atoms with Crippen LogP contribution in [0.3, 0.4) is 0 Å². The average Bonchev–Trinajstić information content (AvgIpc) is 1.56. The summed E-state index contributed by atoms with van der Waals surface area (Å²) in [4.78, 5) is 0. The molecule has 6 aromatic heterocycles. The lowest BCUT2D eigenvalue weighted by Crippen LogP contribution is -1.96. The fourth-order valence-corrected chi connectivity index (χ4v) is 21.0. The Morgan fingerprint density at radius 2 is 0.338 bits per heavy atom. The third-order valence-corrected chi connectivity index (χ3v) is 27.1. The van der Waals surface area contributed by atoms with Crippen molar-refractivity contribution in [3.8, 4) is 67.5 Å². The van der Waals surface area contributed by atoms with Crippen molar-refractivity contribution in [2.75, 3.05) is 0 Å². The maximum atomic E-state index is 2.46. The van der Waals surface area contributed by atoms with E-state index < -0.39 is 0 Å². The first-order valence-electron chi connectivity index (χ1n) is 44.8. The molecule has 0 aliphatic carbocycles. The summed E-state index contributed by atoms with van der Waals surface area (Å²) in [5, 5.41) is 25.3. The summed E-state index contributed by atoms with van der Waals surface area (Å²) in [6.45, 7) is 0. The van der Waals surface area contributed by atoms with Gasteiger partial charge in [0.15, 0.2) is 0 Å². The quantitative estimate of drug-likeness (QED) is 0.138. The van der Waals surface area contributed by atoms with Crippen molar-refractivity contribution >= 4 is 174 Å². The smallest absolute Gasteiger partial charge is 0.0562 e. The van der Waals surface area contributed by atoms with Crippen LogP contribution >= 0.6 is 0 Å². The van der Waals surface area contributed by atoms with E-state index in [0.717, 1.165) is 17.1 Å². The predicted octanol–water partition coefficient (Wildman–Crippen LogP) is 33.3. The third kappa shape index (κ3) is 12.1. The predicted molar refractivity (Wildman–Crippen MR) is 552 cm³/mol. The highest BCUT2D eigenvalue weighted by Gasteiger charge is 2.25. The van der Waals surface area contributed by atoms with Crippen molar-refractivity contribution in [3.63, 3.8) is 0 Å². The second-order valence-electron chi connectivity index (χ2n) is 34.3. The van der Waals surface area contributed by atoms with Gasteiger partial charge >= 0.3 is 0 Å². The lowest BCUT2D eigenvalue weighted by atomic mass is 10.0. The van der Waals surface area contributed by atoms with Gasteiger partial charge in [0, 0.05) is 98.8 Å². The van der Waals surface area contributed by atoms with Crippen LogP contribution in [0.15, 0.2) is 485 Å². The maximum Gasteiger partial charge on any atom is 0.0562 e. The van der Waals surface area contributed by atoms with Gasteiger partial charge in [0.05, 0.1) is 66.2 Å².